The van der Waals surface area contributed by atoms with Crippen molar-refractivity contribution >= 4 is 29.1 Å². The third kappa shape index (κ3) is 5.35. The van der Waals surface area contributed by atoms with Gasteiger partial charge in [0.25, 0.3) is 0 Å². The number of carbonyl (C=O) groups excluding carboxylic acids is 2. The lowest BCUT2D eigenvalue weighted by molar-refractivity contribution is -0.129. The number of nitrogens with zero attached hydrogens (tertiary/aromatic N) is 1. The van der Waals surface area contributed by atoms with E-state index in [0.717, 1.165) is 5.56 Å². The zero-order chi connectivity index (χ0) is 17.5. The third-order valence-corrected chi connectivity index (χ3v) is 3.85. The van der Waals surface area contributed by atoms with Crippen LogP contribution in [-0.2, 0) is 16.1 Å². The van der Waals surface area contributed by atoms with Crippen LogP contribution in [0.1, 0.15) is 18.9 Å². The van der Waals surface area contributed by atoms with Gasteiger partial charge in [-0.25, -0.2) is 4.39 Å². The minimum Gasteiger partial charge on any atom is -0.338 e. The monoisotopic (exact) mass is 348 g/mol. The number of hydrogen-bond acceptors (Lipinski definition) is 2. The van der Waals surface area contributed by atoms with E-state index >= 15 is 0 Å². The van der Waals surface area contributed by atoms with Crippen LogP contribution in [0.2, 0.25) is 5.02 Å². The van der Waals surface area contributed by atoms with Gasteiger partial charge in [0.05, 0.1) is 0 Å². The molecule has 0 saturated carbocycles. The first-order chi connectivity index (χ1) is 11.5. The van der Waals surface area contributed by atoms with Crippen LogP contribution < -0.4 is 5.32 Å². The van der Waals surface area contributed by atoms with Gasteiger partial charge in [0.1, 0.15) is 5.82 Å². The lowest BCUT2D eigenvalue weighted by Crippen LogP contribution is -2.31. The molecule has 0 spiro atoms. The summed E-state index contributed by atoms with van der Waals surface area (Å²) < 4.78 is 13.1. The van der Waals surface area contributed by atoms with Gasteiger partial charge in [-0.15, -0.1) is 0 Å². The second-order valence-electron chi connectivity index (χ2n) is 5.34. The molecule has 0 saturated heterocycles. The summed E-state index contributed by atoms with van der Waals surface area (Å²) in [6.45, 7) is 2.03. The summed E-state index contributed by atoms with van der Waals surface area (Å²) in [6, 6.07) is 12.9. The fourth-order valence-corrected chi connectivity index (χ4v) is 2.40. The molecule has 0 aromatic heterocycles. The summed E-state index contributed by atoms with van der Waals surface area (Å²) in [5.41, 5.74) is 1.21. The van der Waals surface area contributed by atoms with Crippen molar-refractivity contribution in [1.29, 1.82) is 0 Å². The van der Waals surface area contributed by atoms with E-state index in [1.54, 1.807) is 17.0 Å². The van der Waals surface area contributed by atoms with Crippen LogP contribution >= 0.6 is 11.6 Å². The van der Waals surface area contributed by atoms with E-state index in [0.29, 0.717) is 17.3 Å². The zero-order valence-corrected chi connectivity index (χ0v) is 14.0. The van der Waals surface area contributed by atoms with Crippen LogP contribution in [-0.4, -0.2) is 23.3 Å². The summed E-state index contributed by atoms with van der Waals surface area (Å²) in [5, 5.41) is 3.19. The molecule has 0 heterocycles. The topological polar surface area (TPSA) is 49.4 Å². The SMILES string of the molecule is CC(=O)N(CCC(=O)Nc1cccc(F)c1)Cc1ccccc1Cl. The normalized spacial score (nSPS) is 10.3. The number of amides is 2. The molecule has 0 bridgehead atoms. The minimum atomic E-state index is -0.420. The van der Waals surface area contributed by atoms with Crippen molar-refractivity contribution in [2.45, 2.75) is 19.9 Å². The first-order valence-corrected chi connectivity index (χ1v) is 7.88. The zero-order valence-electron chi connectivity index (χ0n) is 13.3. The van der Waals surface area contributed by atoms with Gasteiger partial charge in [-0.1, -0.05) is 35.9 Å². The highest BCUT2D eigenvalue weighted by atomic mass is 35.5. The number of rotatable bonds is 6. The maximum Gasteiger partial charge on any atom is 0.226 e. The van der Waals surface area contributed by atoms with Gasteiger partial charge in [-0.2, -0.15) is 0 Å². The van der Waals surface area contributed by atoms with E-state index in [2.05, 4.69) is 5.32 Å². The third-order valence-electron chi connectivity index (χ3n) is 3.48. The second kappa shape index (κ2) is 8.45. The number of carbonyl (C=O) groups is 2. The van der Waals surface area contributed by atoms with Gasteiger partial charge in [-0.3, -0.25) is 9.59 Å². The average molecular weight is 349 g/mol. The maximum absolute atomic E-state index is 13.1. The van der Waals surface area contributed by atoms with Crippen molar-refractivity contribution in [2.24, 2.45) is 0 Å². The highest BCUT2D eigenvalue weighted by molar-refractivity contribution is 6.31. The Morgan fingerprint density at radius 1 is 1.17 bits per heavy atom. The minimum absolute atomic E-state index is 0.112. The van der Waals surface area contributed by atoms with Gasteiger partial charge in [0.15, 0.2) is 0 Å². The Bertz CT molecular complexity index is 736. The van der Waals surface area contributed by atoms with Gasteiger partial charge in [0.2, 0.25) is 11.8 Å². The summed E-state index contributed by atoms with van der Waals surface area (Å²) in [5.74, 6) is -0.851. The van der Waals surface area contributed by atoms with Crippen molar-refractivity contribution in [3.05, 3.63) is 64.9 Å². The Morgan fingerprint density at radius 3 is 2.58 bits per heavy atom. The van der Waals surface area contributed by atoms with Gasteiger partial charge >= 0.3 is 0 Å². The molecule has 2 aromatic rings. The van der Waals surface area contributed by atoms with E-state index in [1.165, 1.54) is 25.1 Å². The Kier molecular flexibility index (Phi) is 6.32. The maximum atomic E-state index is 13.1. The summed E-state index contributed by atoms with van der Waals surface area (Å²) in [7, 11) is 0. The number of hydrogen-bond donors (Lipinski definition) is 1. The van der Waals surface area contributed by atoms with E-state index in [-0.39, 0.29) is 24.8 Å². The van der Waals surface area contributed by atoms with Crippen LogP contribution in [0.5, 0.6) is 0 Å². The summed E-state index contributed by atoms with van der Waals surface area (Å²) in [4.78, 5) is 25.3. The molecule has 1 N–H and O–H groups in total. The Morgan fingerprint density at radius 2 is 1.92 bits per heavy atom. The van der Waals surface area contributed by atoms with Crippen molar-refractivity contribution in [3.8, 4) is 0 Å². The largest absolute Gasteiger partial charge is 0.338 e. The summed E-state index contributed by atoms with van der Waals surface area (Å²) >= 11 is 6.11. The van der Waals surface area contributed by atoms with Crippen LogP contribution in [0.25, 0.3) is 0 Å². The molecule has 6 heteroatoms. The first-order valence-electron chi connectivity index (χ1n) is 7.50. The number of halogens is 2. The standard InChI is InChI=1S/C18H18ClFN2O2/c1-13(23)22(12-14-5-2-3-8-17(14)19)10-9-18(24)21-16-7-4-6-15(20)11-16/h2-8,11H,9-10,12H2,1H3,(H,21,24). The molecular weight excluding hydrogens is 331 g/mol. The van der Waals surface area contributed by atoms with E-state index in [9.17, 15) is 14.0 Å². The predicted octanol–water partition coefficient (Wildman–Crippen LogP) is 3.86. The average Bonchev–Trinajstić information content (AvgIpc) is 2.52. The molecule has 2 aromatic carbocycles. The van der Waals surface area contributed by atoms with Crippen LogP contribution in [0.4, 0.5) is 10.1 Å². The van der Waals surface area contributed by atoms with Gasteiger partial charge < -0.3 is 10.2 Å². The first kappa shape index (κ1) is 17.9. The Hall–Kier alpha value is -2.40. The lowest BCUT2D eigenvalue weighted by Gasteiger charge is -2.21. The van der Waals surface area contributed by atoms with E-state index in [1.807, 2.05) is 18.2 Å². The molecule has 0 radical (unpaired) electrons. The van der Waals surface area contributed by atoms with Crippen LogP contribution in [0, 0.1) is 5.82 Å². The number of benzene rings is 2. The quantitative estimate of drug-likeness (QED) is 0.861. The molecule has 0 aliphatic rings. The molecule has 0 unspecified atom stereocenters. The number of anilines is 1. The highest BCUT2D eigenvalue weighted by Gasteiger charge is 2.13. The molecule has 0 fully saturated rings. The molecule has 0 aliphatic heterocycles. The van der Waals surface area contributed by atoms with Crippen molar-refractivity contribution in [1.82, 2.24) is 4.90 Å². The molecule has 24 heavy (non-hydrogen) atoms. The van der Waals surface area contributed by atoms with Crippen molar-refractivity contribution in [2.75, 3.05) is 11.9 Å². The molecule has 0 aliphatic carbocycles. The molecular formula is C18H18ClFN2O2. The molecule has 4 nitrogen and oxygen atoms in total. The molecule has 126 valence electrons. The Balaban J connectivity index is 1.92. The smallest absolute Gasteiger partial charge is 0.226 e. The molecule has 2 rings (SSSR count). The van der Waals surface area contributed by atoms with E-state index < -0.39 is 5.82 Å². The fraction of sp³-hybridized carbons (Fsp3) is 0.222. The van der Waals surface area contributed by atoms with Gasteiger partial charge in [-0.05, 0) is 29.8 Å². The predicted molar refractivity (Wildman–Crippen MR) is 92.2 cm³/mol. The van der Waals surface area contributed by atoms with E-state index in [4.69, 9.17) is 11.6 Å². The van der Waals surface area contributed by atoms with Gasteiger partial charge in [0, 0.05) is 37.1 Å². The molecule has 2 amide bonds. The van der Waals surface area contributed by atoms with Crippen molar-refractivity contribution in [3.63, 3.8) is 0 Å². The lowest BCUT2D eigenvalue weighted by atomic mass is 10.2. The van der Waals surface area contributed by atoms with Crippen LogP contribution in [0.15, 0.2) is 48.5 Å². The summed E-state index contributed by atoms with van der Waals surface area (Å²) in [6.07, 6.45) is 0.112. The van der Waals surface area contributed by atoms with Crippen molar-refractivity contribution < 1.29 is 14.0 Å². The number of nitrogens with one attached hydrogen (secondary N) is 1. The highest BCUT2D eigenvalue weighted by Crippen LogP contribution is 2.17. The Labute approximate surface area is 145 Å². The fourth-order valence-electron chi connectivity index (χ4n) is 2.21. The second-order valence-corrected chi connectivity index (χ2v) is 5.75. The van der Waals surface area contributed by atoms with Crippen LogP contribution in [0.3, 0.4) is 0 Å². The molecule has 0 atom stereocenters.